The molecule has 1 aliphatic heterocycles. The van der Waals surface area contributed by atoms with Crippen molar-refractivity contribution in [1.29, 1.82) is 0 Å². The first kappa shape index (κ1) is 15.3. The fraction of sp³-hybridized carbons (Fsp3) is 0.600. The summed E-state index contributed by atoms with van der Waals surface area (Å²) in [5.74, 6) is 0.168. The highest BCUT2D eigenvalue weighted by molar-refractivity contribution is 7.92. The summed E-state index contributed by atoms with van der Waals surface area (Å²) in [6.07, 6.45) is 3.97. The van der Waals surface area contributed by atoms with E-state index in [1.54, 1.807) is 4.31 Å². The van der Waals surface area contributed by atoms with E-state index in [4.69, 9.17) is 0 Å². The van der Waals surface area contributed by atoms with E-state index in [1.165, 1.54) is 0 Å². The van der Waals surface area contributed by atoms with Gasteiger partial charge >= 0.3 is 0 Å². The van der Waals surface area contributed by atoms with Crippen molar-refractivity contribution in [1.82, 2.24) is 5.32 Å². The van der Waals surface area contributed by atoms with E-state index in [0.29, 0.717) is 13.1 Å². The first-order chi connectivity index (χ1) is 9.65. The summed E-state index contributed by atoms with van der Waals surface area (Å²) in [7, 11) is -3.23. The third kappa shape index (κ3) is 3.73. The second kappa shape index (κ2) is 7.09. The Morgan fingerprint density at radius 2 is 2.00 bits per heavy atom. The van der Waals surface area contributed by atoms with Gasteiger partial charge in [-0.05, 0) is 43.9 Å². The largest absolute Gasteiger partial charge is 0.316 e. The first-order valence-corrected chi connectivity index (χ1v) is 9.05. The van der Waals surface area contributed by atoms with Crippen molar-refractivity contribution >= 4 is 15.7 Å². The van der Waals surface area contributed by atoms with Crippen LogP contribution in [0.5, 0.6) is 0 Å². The van der Waals surface area contributed by atoms with E-state index in [-0.39, 0.29) is 5.75 Å². The molecule has 0 aliphatic carbocycles. The molecule has 0 amide bonds. The van der Waals surface area contributed by atoms with Gasteiger partial charge in [0.2, 0.25) is 10.0 Å². The number of hydrogen-bond acceptors (Lipinski definition) is 3. The Morgan fingerprint density at radius 3 is 2.80 bits per heavy atom. The maximum atomic E-state index is 12.6. The van der Waals surface area contributed by atoms with Gasteiger partial charge in [-0.3, -0.25) is 4.31 Å². The van der Waals surface area contributed by atoms with Crippen molar-refractivity contribution in [3.8, 4) is 0 Å². The lowest BCUT2D eigenvalue weighted by Crippen LogP contribution is -2.37. The summed E-state index contributed by atoms with van der Waals surface area (Å²) in [6.45, 7) is 4.07. The monoisotopic (exact) mass is 296 g/mol. The molecule has 1 N–H and O–H groups in total. The summed E-state index contributed by atoms with van der Waals surface area (Å²) < 4.78 is 26.7. The van der Waals surface area contributed by atoms with Crippen LogP contribution in [0.1, 0.15) is 31.7 Å². The van der Waals surface area contributed by atoms with E-state index < -0.39 is 10.0 Å². The van der Waals surface area contributed by atoms with E-state index in [1.807, 2.05) is 24.3 Å². The van der Waals surface area contributed by atoms with Gasteiger partial charge in [-0.1, -0.05) is 25.1 Å². The van der Waals surface area contributed by atoms with Crippen LogP contribution in [0.4, 0.5) is 5.69 Å². The Kier molecular flexibility index (Phi) is 5.43. The van der Waals surface area contributed by atoms with Crippen LogP contribution in [0.15, 0.2) is 24.3 Å². The molecule has 2 rings (SSSR count). The average Bonchev–Trinajstić information content (AvgIpc) is 2.66. The van der Waals surface area contributed by atoms with Crippen LogP contribution in [0.25, 0.3) is 0 Å². The predicted octanol–water partition coefficient (Wildman–Crippen LogP) is 2.16. The molecule has 0 bridgehead atoms. The van der Waals surface area contributed by atoms with Crippen molar-refractivity contribution in [2.45, 2.75) is 32.6 Å². The van der Waals surface area contributed by atoms with Gasteiger partial charge in [-0.15, -0.1) is 0 Å². The van der Waals surface area contributed by atoms with Crippen LogP contribution >= 0.6 is 0 Å². The molecule has 0 saturated heterocycles. The number of aryl methyl sites for hydroxylation is 1. The molecule has 0 unspecified atom stereocenters. The Hall–Kier alpha value is -1.07. The molecule has 0 spiro atoms. The van der Waals surface area contributed by atoms with Crippen molar-refractivity contribution < 1.29 is 8.42 Å². The van der Waals surface area contributed by atoms with Crippen molar-refractivity contribution in [2.24, 2.45) is 0 Å². The molecule has 1 heterocycles. The smallest absolute Gasteiger partial charge is 0.236 e. The van der Waals surface area contributed by atoms with Gasteiger partial charge in [0.05, 0.1) is 11.4 Å². The molecule has 0 radical (unpaired) electrons. The highest BCUT2D eigenvalue weighted by Crippen LogP contribution is 2.28. The minimum atomic E-state index is -3.23. The average molecular weight is 296 g/mol. The van der Waals surface area contributed by atoms with Crippen LogP contribution in [-0.4, -0.2) is 33.8 Å². The Bertz CT molecular complexity index is 528. The first-order valence-electron chi connectivity index (χ1n) is 7.44. The fourth-order valence-electron chi connectivity index (χ4n) is 2.56. The van der Waals surface area contributed by atoms with Gasteiger partial charge in [0.25, 0.3) is 0 Å². The zero-order chi connectivity index (χ0) is 14.4. The minimum absolute atomic E-state index is 0.168. The SMILES string of the molecule is CCCNCCS(=O)(=O)N1CCCCc2ccccc21. The third-order valence-corrected chi connectivity index (χ3v) is 5.39. The number of anilines is 1. The zero-order valence-electron chi connectivity index (χ0n) is 12.1. The Morgan fingerprint density at radius 1 is 1.20 bits per heavy atom. The maximum Gasteiger partial charge on any atom is 0.236 e. The summed E-state index contributed by atoms with van der Waals surface area (Å²) in [4.78, 5) is 0. The minimum Gasteiger partial charge on any atom is -0.316 e. The fourth-order valence-corrected chi connectivity index (χ4v) is 4.07. The van der Waals surface area contributed by atoms with Crippen molar-refractivity contribution in [3.05, 3.63) is 29.8 Å². The lowest BCUT2D eigenvalue weighted by Gasteiger charge is -2.24. The number of sulfonamides is 1. The number of hydrogen-bond donors (Lipinski definition) is 1. The zero-order valence-corrected chi connectivity index (χ0v) is 13.0. The predicted molar refractivity (Wildman–Crippen MR) is 83.7 cm³/mol. The third-order valence-electron chi connectivity index (χ3n) is 3.62. The summed E-state index contributed by atoms with van der Waals surface area (Å²) in [5, 5.41) is 3.16. The molecule has 0 aromatic heterocycles. The molecular formula is C15H24N2O2S. The molecule has 1 aliphatic rings. The maximum absolute atomic E-state index is 12.6. The molecule has 1 aromatic carbocycles. The van der Waals surface area contributed by atoms with Crippen LogP contribution < -0.4 is 9.62 Å². The number of nitrogens with one attached hydrogen (secondary N) is 1. The van der Waals surface area contributed by atoms with Gasteiger partial charge in [0.1, 0.15) is 0 Å². The van der Waals surface area contributed by atoms with Crippen LogP contribution in [0.2, 0.25) is 0 Å². The van der Waals surface area contributed by atoms with Gasteiger partial charge in [-0.2, -0.15) is 0 Å². The normalized spacial score (nSPS) is 15.8. The highest BCUT2D eigenvalue weighted by atomic mass is 32.2. The van der Waals surface area contributed by atoms with Gasteiger partial charge < -0.3 is 5.32 Å². The van der Waals surface area contributed by atoms with Gasteiger partial charge in [-0.25, -0.2) is 8.42 Å². The molecule has 4 nitrogen and oxygen atoms in total. The van der Waals surface area contributed by atoms with E-state index in [0.717, 1.165) is 43.5 Å². The molecular weight excluding hydrogens is 272 g/mol. The topological polar surface area (TPSA) is 49.4 Å². The molecule has 0 atom stereocenters. The molecule has 20 heavy (non-hydrogen) atoms. The van der Waals surface area contributed by atoms with Crippen LogP contribution in [0.3, 0.4) is 0 Å². The number of fused-ring (bicyclic) bond motifs is 1. The lowest BCUT2D eigenvalue weighted by atomic mass is 10.1. The standard InChI is InChI=1S/C15H24N2O2S/c1-2-10-16-11-13-20(18,19)17-12-6-5-8-14-7-3-4-9-15(14)17/h3-4,7,9,16H,2,5-6,8,10-13H2,1H3. The van der Waals surface area contributed by atoms with E-state index >= 15 is 0 Å². The Labute approximate surface area is 122 Å². The Balaban J connectivity index is 2.14. The number of para-hydroxylation sites is 1. The molecule has 112 valence electrons. The summed E-state index contributed by atoms with van der Waals surface area (Å²) in [6, 6.07) is 7.87. The number of rotatable bonds is 6. The molecule has 0 fully saturated rings. The molecule has 5 heteroatoms. The molecule has 1 aromatic rings. The van der Waals surface area contributed by atoms with Crippen LogP contribution in [-0.2, 0) is 16.4 Å². The van der Waals surface area contributed by atoms with E-state index in [2.05, 4.69) is 12.2 Å². The number of nitrogens with zero attached hydrogens (tertiary/aromatic N) is 1. The van der Waals surface area contributed by atoms with Gasteiger partial charge in [0, 0.05) is 13.1 Å². The molecule has 0 saturated carbocycles. The lowest BCUT2D eigenvalue weighted by molar-refractivity contribution is 0.584. The summed E-state index contributed by atoms with van der Waals surface area (Å²) >= 11 is 0. The van der Waals surface area contributed by atoms with Crippen molar-refractivity contribution in [2.75, 3.05) is 29.7 Å². The second-order valence-corrected chi connectivity index (χ2v) is 7.24. The van der Waals surface area contributed by atoms with Crippen LogP contribution in [0, 0.1) is 0 Å². The second-order valence-electron chi connectivity index (χ2n) is 5.22. The quantitative estimate of drug-likeness (QED) is 0.818. The van der Waals surface area contributed by atoms with Crippen molar-refractivity contribution in [3.63, 3.8) is 0 Å². The van der Waals surface area contributed by atoms with Gasteiger partial charge in [0.15, 0.2) is 0 Å². The number of benzene rings is 1. The highest BCUT2D eigenvalue weighted by Gasteiger charge is 2.25. The summed E-state index contributed by atoms with van der Waals surface area (Å²) in [5.41, 5.74) is 2.02. The van der Waals surface area contributed by atoms with E-state index in [9.17, 15) is 8.42 Å².